The third-order valence-corrected chi connectivity index (χ3v) is 3.64. The molecule has 1 aromatic carbocycles. The Bertz CT molecular complexity index is 513. The molecule has 1 aromatic rings. The molecule has 1 rings (SSSR count). The summed E-state index contributed by atoms with van der Waals surface area (Å²) >= 11 is 0. The SMILES string of the molecule is CCCOc1ccc(NC(=O)[C@](C)(CC(C)C)OCC)cc1C. The third kappa shape index (κ3) is 5.87. The molecule has 0 heterocycles. The second-order valence-electron chi connectivity index (χ2n) is 6.54. The highest BCUT2D eigenvalue weighted by Gasteiger charge is 2.34. The summed E-state index contributed by atoms with van der Waals surface area (Å²) in [7, 11) is 0. The van der Waals surface area contributed by atoms with Gasteiger partial charge in [0.25, 0.3) is 5.91 Å². The highest BCUT2D eigenvalue weighted by Crippen LogP contribution is 2.26. The maximum absolute atomic E-state index is 12.7. The summed E-state index contributed by atoms with van der Waals surface area (Å²) in [6, 6.07) is 5.71. The Hall–Kier alpha value is -1.55. The maximum Gasteiger partial charge on any atom is 0.256 e. The summed E-state index contributed by atoms with van der Waals surface area (Å²) in [6.45, 7) is 13.2. The first-order valence-corrected chi connectivity index (χ1v) is 8.51. The zero-order valence-corrected chi connectivity index (χ0v) is 15.4. The van der Waals surface area contributed by atoms with Gasteiger partial charge in [-0.1, -0.05) is 20.8 Å². The van der Waals surface area contributed by atoms with Crippen LogP contribution in [0.5, 0.6) is 5.75 Å². The van der Waals surface area contributed by atoms with E-state index in [2.05, 4.69) is 26.1 Å². The summed E-state index contributed by atoms with van der Waals surface area (Å²) in [5.74, 6) is 1.14. The van der Waals surface area contributed by atoms with Crippen LogP contribution < -0.4 is 10.1 Å². The van der Waals surface area contributed by atoms with E-state index in [1.165, 1.54) is 0 Å². The average molecular weight is 321 g/mol. The second kappa shape index (κ2) is 8.92. The third-order valence-electron chi connectivity index (χ3n) is 3.64. The van der Waals surface area contributed by atoms with Gasteiger partial charge in [-0.15, -0.1) is 0 Å². The van der Waals surface area contributed by atoms with Crippen LogP contribution in [0.2, 0.25) is 0 Å². The minimum Gasteiger partial charge on any atom is -0.493 e. The fourth-order valence-electron chi connectivity index (χ4n) is 2.68. The Labute approximate surface area is 140 Å². The molecular formula is C19H31NO3. The van der Waals surface area contributed by atoms with Crippen LogP contribution in [-0.2, 0) is 9.53 Å². The number of hydrogen-bond donors (Lipinski definition) is 1. The van der Waals surface area contributed by atoms with Crippen molar-refractivity contribution in [3.05, 3.63) is 23.8 Å². The van der Waals surface area contributed by atoms with Gasteiger partial charge >= 0.3 is 0 Å². The van der Waals surface area contributed by atoms with Crippen LogP contribution >= 0.6 is 0 Å². The summed E-state index contributed by atoms with van der Waals surface area (Å²) in [4.78, 5) is 12.7. The van der Waals surface area contributed by atoms with Gasteiger partial charge in [0.2, 0.25) is 0 Å². The van der Waals surface area contributed by atoms with E-state index < -0.39 is 5.60 Å². The fraction of sp³-hybridized carbons (Fsp3) is 0.632. The van der Waals surface area contributed by atoms with Crippen molar-refractivity contribution in [1.82, 2.24) is 0 Å². The summed E-state index contributed by atoms with van der Waals surface area (Å²) < 4.78 is 11.4. The summed E-state index contributed by atoms with van der Waals surface area (Å²) in [5, 5.41) is 2.98. The minimum atomic E-state index is -0.811. The van der Waals surface area contributed by atoms with Crippen LogP contribution in [0.25, 0.3) is 0 Å². The first-order valence-electron chi connectivity index (χ1n) is 8.51. The molecule has 0 spiro atoms. The molecule has 0 radical (unpaired) electrons. The predicted octanol–water partition coefficient (Wildman–Crippen LogP) is 4.56. The van der Waals surface area contributed by atoms with Crippen molar-refractivity contribution in [1.29, 1.82) is 0 Å². The van der Waals surface area contributed by atoms with Gasteiger partial charge < -0.3 is 14.8 Å². The van der Waals surface area contributed by atoms with E-state index in [1.54, 1.807) is 0 Å². The molecule has 0 fully saturated rings. The Balaban J connectivity index is 2.84. The molecule has 0 saturated heterocycles. The molecule has 4 nitrogen and oxygen atoms in total. The van der Waals surface area contributed by atoms with E-state index >= 15 is 0 Å². The van der Waals surface area contributed by atoms with Crippen molar-refractivity contribution in [3.63, 3.8) is 0 Å². The Morgan fingerprint density at radius 1 is 1.30 bits per heavy atom. The lowest BCUT2D eigenvalue weighted by Crippen LogP contribution is -2.44. The lowest BCUT2D eigenvalue weighted by Gasteiger charge is -2.30. The zero-order valence-electron chi connectivity index (χ0n) is 15.4. The normalized spacial score (nSPS) is 13.7. The molecule has 1 atom stereocenters. The second-order valence-corrected chi connectivity index (χ2v) is 6.54. The van der Waals surface area contributed by atoms with Gasteiger partial charge in [-0.25, -0.2) is 0 Å². The number of carbonyl (C=O) groups excluding carboxylic acids is 1. The van der Waals surface area contributed by atoms with Crippen molar-refractivity contribution >= 4 is 11.6 Å². The van der Waals surface area contributed by atoms with Gasteiger partial charge in [0, 0.05) is 12.3 Å². The molecule has 0 unspecified atom stereocenters. The summed E-state index contributed by atoms with van der Waals surface area (Å²) in [5.41, 5.74) is 0.970. The topological polar surface area (TPSA) is 47.6 Å². The highest BCUT2D eigenvalue weighted by molar-refractivity contribution is 5.97. The molecule has 0 aliphatic heterocycles. The van der Waals surface area contributed by atoms with Gasteiger partial charge in [0.1, 0.15) is 11.4 Å². The van der Waals surface area contributed by atoms with Crippen molar-refractivity contribution in [2.45, 2.75) is 60.0 Å². The van der Waals surface area contributed by atoms with Crippen molar-refractivity contribution in [3.8, 4) is 5.75 Å². The van der Waals surface area contributed by atoms with Crippen LogP contribution in [-0.4, -0.2) is 24.7 Å². The maximum atomic E-state index is 12.7. The lowest BCUT2D eigenvalue weighted by molar-refractivity contribution is -0.140. The molecule has 0 aliphatic rings. The number of aryl methyl sites for hydroxylation is 1. The average Bonchev–Trinajstić information content (AvgIpc) is 2.45. The minimum absolute atomic E-state index is 0.102. The van der Waals surface area contributed by atoms with Crippen LogP contribution in [0.4, 0.5) is 5.69 Å². The Morgan fingerprint density at radius 2 is 2.00 bits per heavy atom. The molecule has 1 amide bonds. The number of amides is 1. The molecule has 0 saturated carbocycles. The smallest absolute Gasteiger partial charge is 0.256 e. The van der Waals surface area contributed by atoms with Crippen LogP contribution in [0, 0.1) is 12.8 Å². The first-order chi connectivity index (χ1) is 10.8. The monoisotopic (exact) mass is 321 g/mol. The number of carbonyl (C=O) groups is 1. The number of benzene rings is 1. The van der Waals surface area contributed by atoms with E-state index in [9.17, 15) is 4.79 Å². The Kier molecular flexibility index (Phi) is 7.56. The molecular weight excluding hydrogens is 290 g/mol. The molecule has 130 valence electrons. The van der Waals surface area contributed by atoms with Crippen molar-refractivity contribution in [2.75, 3.05) is 18.5 Å². The van der Waals surface area contributed by atoms with Gasteiger partial charge in [0.05, 0.1) is 6.61 Å². The van der Waals surface area contributed by atoms with Crippen molar-refractivity contribution in [2.24, 2.45) is 5.92 Å². The van der Waals surface area contributed by atoms with Gasteiger partial charge in [0.15, 0.2) is 0 Å². The molecule has 0 aromatic heterocycles. The first kappa shape index (κ1) is 19.5. The number of nitrogens with one attached hydrogen (secondary N) is 1. The molecule has 0 bridgehead atoms. The lowest BCUT2D eigenvalue weighted by atomic mass is 9.93. The fourth-order valence-corrected chi connectivity index (χ4v) is 2.68. The van der Waals surface area contributed by atoms with Gasteiger partial charge in [-0.05, 0) is 63.3 Å². The van der Waals surface area contributed by atoms with Crippen molar-refractivity contribution < 1.29 is 14.3 Å². The van der Waals surface area contributed by atoms with Gasteiger partial charge in [-0.2, -0.15) is 0 Å². The number of ether oxygens (including phenoxy) is 2. The van der Waals surface area contributed by atoms with E-state index in [4.69, 9.17) is 9.47 Å². The van der Waals surface area contributed by atoms with E-state index in [1.807, 2.05) is 39.0 Å². The molecule has 0 aliphatic carbocycles. The van der Waals surface area contributed by atoms with E-state index in [0.717, 1.165) is 23.4 Å². The highest BCUT2D eigenvalue weighted by atomic mass is 16.5. The van der Waals surface area contributed by atoms with E-state index in [-0.39, 0.29) is 5.91 Å². The molecule has 4 heteroatoms. The van der Waals surface area contributed by atoms with Crippen LogP contribution in [0.15, 0.2) is 18.2 Å². The van der Waals surface area contributed by atoms with Crippen LogP contribution in [0.1, 0.15) is 53.0 Å². The number of anilines is 1. The van der Waals surface area contributed by atoms with Crippen LogP contribution in [0.3, 0.4) is 0 Å². The quantitative estimate of drug-likeness (QED) is 0.725. The van der Waals surface area contributed by atoms with E-state index in [0.29, 0.717) is 25.6 Å². The molecule has 1 N–H and O–H groups in total. The van der Waals surface area contributed by atoms with Gasteiger partial charge in [-0.3, -0.25) is 4.79 Å². The molecule has 23 heavy (non-hydrogen) atoms. The predicted molar refractivity (Wildman–Crippen MR) is 95.1 cm³/mol. The summed E-state index contributed by atoms with van der Waals surface area (Å²) in [6.07, 6.45) is 1.66. The standard InChI is InChI=1S/C19H31NO3/c1-7-11-22-17-10-9-16(12-15(17)5)20-18(21)19(6,23-8-2)13-14(3)4/h9-10,12,14H,7-8,11,13H2,1-6H3,(H,20,21)/t19-/m0/s1. The number of rotatable bonds is 9. The Morgan fingerprint density at radius 3 is 2.52 bits per heavy atom. The zero-order chi connectivity index (χ0) is 17.5. The largest absolute Gasteiger partial charge is 0.493 e. The number of hydrogen-bond acceptors (Lipinski definition) is 3.